The summed E-state index contributed by atoms with van der Waals surface area (Å²) in [7, 11) is 0. The summed E-state index contributed by atoms with van der Waals surface area (Å²) in [6, 6.07) is 17.4. The first-order valence-corrected chi connectivity index (χ1v) is 20.9. The van der Waals surface area contributed by atoms with E-state index in [2.05, 4.69) is 30.8 Å². The Labute approximate surface area is 333 Å². The Kier molecular flexibility index (Phi) is 21.2. The van der Waals surface area contributed by atoms with Crippen LogP contribution in [-0.4, -0.2) is 65.1 Å². The zero-order valence-electron chi connectivity index (χ0n) is 33.1. The molecule has 3 aromatic rings. The standard InChI is InChI=1S/C44H64N6O6/c51-41(25-14-3-1-2-4-17-30-50-31-29-45-35-50)48-40(34-55-32-37-20-10-6-11-21-37)43(53)49-39(42(52)46-28-26-36-18-8-5-9-19-36)24-15-16-27-47-44(54)56-33-38-22-12-7-13-23-38/h6-7,10-13,20-23,29,31,35-36,39-40H,1-5,8-9,14-19,24-28,30,32-34H2,(H,46,52)(H,47,54)(H,48,51)(H,49,53)/t39-,40-/m0/s1. The lowest BCUT2D eigenvalue weighted by Gasteiger charge is -2.24. The summed E-state index contributed by atoms with van der Waals surface area (Å²) in [5, 5.41) is 11.7. The number of benzene rings is 2. The van der Waals surface area contributed by atoms with Crippen LogP contribution in [0.2, 0.25) is 0 Å². The molecule has 4 N–H and O–H groups in total. The summed E-state index contributed by atoms with van der Waals surface area (Å²) in [4.78, 5) is 56.8. The van der Waals surface area contributed by atoms with Crippen molar-refractivity contribution in [2.24, 2.45) is 5.92 Å². The molecular weight excluding hydrogens is 709 g/mol. The second kappa shape index (κ2) is 27.0. The molecule has 0 saturated heterocycles. The summed E-state index contributed by atoms with van der Waals surface area (Å²) in [6.45, 7) is 2.32. The van der Waals surface area contributed by atoms with Crippen LogP contribution in [0, 0.1) is 5.92 Å². The number of alkyl carbamates (subject to hydrolysis) is 1. The van der Waals surface area contributed by atoms with Gasteiger partial charge in [0.2, 0.25) is 17.7 Å². The monoisotopic (exact) mass is 772 g/mol. The van der Waals surface area contributed by atoms with E-state index in [9.17, 15) is 19.2 Å². The van der Waals surface area contributed by atoms with E-state index in [0.29, 0.717) is 44.7 Å². The van der Waals surface area contributed by atoms with Gasteiger partial charge in [-0.05, 0) is 55.6 Å². The predicted molar refractivity (Wildman–Crippen MR) is 217 cm³/mol. The van der Waals surface area contributed by atoms with Crippen LogP contribution >= 0.6 is 0 Å². The number of nitrogens with one attached hydrogen (secondary N) is 4. The smallest absolute Gasteiger partial charge is 0.407 e. The highest BCUT2D eigenvalue weighted by atomic mass is 16.5. The largest absolute Gasteiger partial charge is 0.445 e. The van der Waals surface area contributed by atoms with Gasteiger partial charge in [0.1, 0.15) is 18.7 Å². The number of aromatic nitrogens is 2. The fraction of sp³-hybridized carbons (Fsp3) is 0.568. The van der Waals surface area contributed by atoms with Gasteiger partial charge in [-0.25, -0.2) is 9.78 Å². The summed E-state index contributed by atoms with van der Waals surface area (Å²) in [5.41, 5.74) is 1.86. The Morgan fingerprint density at radius 1 is 0.714 bits per heavy atom. The molecule has 4 amide bonds. The van der Waals surface area contributed by atoms with Crippen LogP contribution in [0.25, 0.3) is 0 Å². The van der Waals surface area contributed by atoms with Crippen molar-refractivity contribution in [2.75, 3.05) is 19.7 Å². The Bertz CT molecular complexity index is 1520. The maximum atomic E-state index is 13.8. The molecule has 12 nitrogen and oxygen atoms in total. The first-order chi connectivity index (χ1) is 27.5. The van der Waals surface area contributed by atoms with E-state index in [1.807, 2.05) is 73.2 Å². The number of aryl methyl sites for hydroxylation is 1. The van der Waals surface area contributed by atoms with Gasteiger partial charge < -0.3 is 35.3 Å². The van der Waals surface area contributed by atoms with Crippen LogP contribution in [0.3, 0.4) is 0 Å². The highest BCUT2D eigenvalue weighted by Gasteiger charge is 2.27. The van der Waals surface area contributed by atoms with E-state index >= 15 is 0 Å². The highest BCUT2D eigenvalue weighted by molar-refractivity contribution is 5.92. The van der Waals surface area contributed by atoms with Crippen molar-refractivity contribution >= 4 is 23.8 Å². The Morgan fingerprint density at radius 2 is 1.41 bits per heavy atom. The molecule has 0 radical (unpaired) electrons. The summed E-state index contributed by atoms with van der Waals surface area (Å²) in [6.07, 6.45) is 20.0. The maximum Gasteiger partial charge on any atom is 0.407 e. The Morgan fingerprint density at radius 3 is 2.12 bits per heavy atom. The third kappa shape index (κ3) is 18.8. The number of ether oxygens (including phenoxy) is 2. The number of rotatable bonds is 27. The minimum Gasteiger partial charge on any atom is -0.445 e. The summed E-state index contributed by atoms with van der Waals surface area (Å²) < 4.78 is 13.3. The van der Waals surface area contributed by atoms with Crippen LogP contribution in [-0.2, 0) is 43.6 Å². The number of hydrogen-bond acceptors (Lipinski definition) is 7. The maximum absolute atomic E-state index is 13.8. The zero-order chi connectivity index (χ0) is 39.5. The van der Waals surface area contributed by atoms with Crippen molar-refractivity contribution < 1.29 is 28.7 Å². The van der Waals surface area contributed by atoms with Crippen molar-refractivity contribution in [2.45, 2.75) is 135 Å². The number of nitrogens with zero attached hydrogens (tertiary/aromatic N) is 2. The number of hydrogen-bond donors (Lipinski definition) is 4. The van der Waals surface area contributed by atoms with E-state index in [-0.39, 0.29) is 31.6 Å². The molecular formula is C44H64N6O6. The highest BCUT2D eigenvalue weighted by Crippen LogP contribution is 2.25. The minimum atomic E-state index is -0.965. The molecule has 1 fully saturated rings. The summed E-state index contributed by atoms with van der Waals surface area (Å²) in [5.74, 6) is -0.310. The molecule has 2 aromatic carbocycles. The predicted octanol–water partition coefficient (Wildman–Crippen LogP) is 6.98. The SMILES string of the molecule is O=C(CCCCCCCCn1ccnc1)N[C@@H](COCc1ccccc1)C(=O)N[C@@H](CCCCNC(=O)OCc1ccccc1)C(=O)NCCC1CCCCC1. The lowest BCUT2D eigenvalue weighted by molar-refractivity contribution is -0.133. The van der Waals surface area contributed by atoms with Gasteiger partial charge >= 0.3 is 6.09 Å². The fourth-order valence-corrected chi connectivity index (χ4v) is 7.00. The van der Waals surface area contributed by atoms with E-state index in [0.717, 1.165) is 62.6 Å². The molecule has 1 heterocycles. The lowest BCUT2D eigenvalue weighted by Crippen LogP contribution is -2.55. The normalized spacial score (nSPS) is 14.0. The van der Waals surface area contributed by atoms with Gasteiger partial charge in [-0.2, -0.15) is 0 Å². The molecule has 1 saturated carbocycles. The van der Waals surface area contributed by atoms with Crippen molar-refractivity contribution in [3.05, 3.63) is 90.5 Å². The molecule has 0 aliphatic heterocycles. The number of carbonyl (C=O) groups is 4. The molecule has 1 aliphatic rings. The van der Waals surface area contributed by atoms with E-state index in [1.54, 1.807) is 6.20 Å². The molecule has 0 bridgehead atoms. The second-order valence-electron chi connectivity index (χ2n) is 14.9. The van der Waals surface area contributed by atoms with Gasteiger partial charge in [-0.15, -0.1) is 0 Å². The molecule has 12 heteroatoms. The van der Waals surface area contributed by atoms with Gasteiger partial charge in [-0.3, -0.25) is 14.4 Å². The third-order valence-corrected chi connectivity index (χ3v) is 10.3. The van der Waals surface area contributed by atoms with E-state index in [4.69, 9.17) is 9.47 Å². The van der Waals surface area contributed by atoms with Crippen LogP contribution in [0.15, 0.2) is 79.4 Å². The molecule has 1 aliphatic carbocycles. The first kappa shape index (κ1) is 44.0. The molecule has 1 aromatic heterocycles. The third-order valence-electron chi connectivity index (χ3n) is 10.3. The van der Waals surface area contributed by atoms with Crippen molar-refractivity contribution in [1.82, 2.24) is 30.8 Å². The topological polar surface area (TPSA) is 153 Å². The van der Waals surface area contributed by atoms with Gasteiger partial charge in [0.05, 0.1) is 19.5 Å². The molecule has 0 unspecified atom stereocenters. The lowest BCUT2D eigenvalue weighted by atomic mass is 9.87. The fourth-order valence-electron chi connectivity index (χ4n) is 7.00. The van der Waals surface area contributed by atoms with E-state index in [1.165, 1.54) is 32.1 Å². The number of unbranched alkanes of at least 4 members (excludes halogenated alkanes) is 6. The first-order valence-electron chi connectivity index (χ1n) is 20.9. The average molecular weight is 773 g/mol. The quantitative estimate of drug-likeness (QED) is 0.0610. The number of carbonyl (C=O) groups excluding carboxylic acids is 4. The average Bonchev–Trinajstić information content (AvgIpc) is 3.75. The number of amides is 4. The molecule has 2 atom stereocenters. The van der Waals surface area contributed by atoms with Crippen molar-refractivity contribution in [3.63, 3.8) is 0 Å². The van der Waals surface area contributed by atoms with Crippen LogP contribution in [0.5, 0.6) is 0 Å². The second-order valence-corrected chi connectivity index (χ2v) is 14.9. The van der Waals surface area contributed by atoms with Crippen molar-refractivity contribution in [1.29, 1.82) is 0 Å². The molecule has 306 valence electrons. The summed E-state index contributed by atoms with van der Waals surface area (Å²) >= 11 is 0. The molecule has 56 heavy (non-hydrogen) atoms. The van der Waals surface area contributed by atoms with Gasteiger partial charge in [0.25, 0.3) is 0 Å². The van der Waals surface area contributed by atoms with Gasteiger partial charge in [0.15, 0.2) is 0 Å². The van der Waals surface area contributed by atoms with Gasteiger partial charge in [-0.1, -0.05) is 118 Å². The Balaban J connectivity index is 1.26. The van der Waals surface area contributed by atoms with Crippen LogP contribution in [0.1, 0.15) is 114 Å². The zero-order valence-corrected chi connectivity index (χ0v) is 33.1. The van der Waals surface area contributed by atoms with Crippen LogP contribution in [0.4, 0.5) is 4.79 Å². The number of imidazole rings is 1. The molecule has 4 rings (SSSR count). The van der Waals surface area contributed by atoms with Crippen LogP contribution < -0.4 is 21.3 Å². The van der Waals surface area contributed by atoms with Crippen molar-refractivity contribution in [3.8, 4) is 0 Å². The molecule has 0 spiro atoms. The van der Waals surface area contributed by atoms with E-state index < -0.39 is 24.1 Å². The Hall–Kier alpha value is -4.71. The minimum absolute atomic E-state index is 0.0333. The van der Waals surface area contributed by atoms with Gasteiger partial charge in [0, 0.05) is 38.4 Å².